The Morgan fingerprint density at radius 1 is 1.00 bits per heavy atom. The molecule has 0 bridgehead atoms. The summed E-state index contributed by atoms with van der Waals surface area (Å²) in [6, 6.07) is 9.11. The van der Waals surface area contributed by atoms with Crippen molar-refractivity contribution >= 4 is 29.1 Å². The number of carbonyl (C=O) groups is 3. The number of ether oxygens (including phenoxy) is 1. The minimum Gasteiger partial charge on any atom is -0.487 e. The zero-order valence-corrected chi connectivity index (χ0v) is 18.4. The van der Waals surface area contributed by atoms with E-state index in [-0.39, 0.29) is 18.1 Å². The van der Waals surface area contributed by atoms with Crippen LogP contribution in [0, 0.1) is 5.82 Å². The van der Waals surface area contributed by atoms with E-state index in [1.54, 1.807) is 40.9 Å². The molecule has 8 nitrogen and oxygen atoms in total. The van der Waals surface area contributed by atoms with Crippen molar-refractivity contribution < 1.29 is 23.5 Å². The van der Waals surface area contributed by atoms with Gasteiger partial charge >= 0.3 is 0 Å². The minimum absolute atomic E-state index is 0.0474. The fraction of sp³-hybridized carbons (Fsp3) is 0.217. The summed E-state index contributed by atoms with van der Waals surface area (Å²) in [6.45, 7) is 1.35. The number of nitrogens with zero attached hydrogens (tertiary/aromatic N) is 3. The van der Waals surface area contributed by atoms with Crippen LogP contribution in [0.2, 0.25) is 0 Å². The van der Waals surface area contributed by atoms with Crippen LogP contribution in [0.5, 0.6) is 5.75 Å². The molecule has 4 rings (SSSR count). The number of halogens is 1. The number of hydrogen-bond acceptors (Lipinski definition) is 6. The van der Waals surface area contributed by atoms with Crippen molar-refractivity contribution in [3.63, 3.8) is 0 Å². The van der Waals surface area contributed by atoms with Crippen LogP contribution in [0.3, 0.4) is 0 Å². The number of nitrogens with two attached hydrogens (primary N) is 1. The Kier molecular flexibility index (Phi) is 6.64. The van der Waals surface area contributed by atoms with Crippen LogP contribution in [-0.2, 0) is 6.61 Å². The molecule has 2 aromatic heterocycles. The molecule has 0 aliphatic carbocycles. The van der Waals surface area contributed by atoms with Gasteiger partial charge in [0.25, 0.3) is 17.7 Å². The van der Waals surface area contributed by atoms with Crippen molar-refractivity contribution in [2.45, 2.75) is 6.61 Å². The monoisotopic (exact) mass is 468 g/mol. The molecule has 0 unspecified atom stereocenters. The largest absolute Gasteiger partial charge is 0.487 e. The standard InChI is InChI=1S/C23H21FN4O4S/c24-18-2-1-15(14-32-19-5-12-33-20(19)21(25)29)13-17(18)23(31)28-10-8-27(9-11-28)22(30)16-3-6-26-7-4-16/h1-7,12-13H,8-11,14H2,(H2,25,29). The molecule has 3 aromatic rings. The van der Waals surface area contributed by atoms with E-state index in [9.17, 15) is 18.8 Å². The van der Waals surface area contributed by atoms with E-state index in [4.69, 9.17) is 10.5 Å². The van der Waals surface area contributed by atoms with Crippen molar-refractivity contribution in [1.82, 2.24) is 14.8 Å². The quantitative estimate of drug-likeness (QED) is 0.599. The van der Waals surface area contributed by atoms with Gasteiger partial charge in [-0.05, 0) is 41.3 Å². The smallest absolute Gasteiger partial charge is 0.262 e. The first-order valence-electron chi connectivity index (χ1n) is 10.2. The fourth-order valence-electron chi connectivity index (χ4n) is 3.54. The Hall–Kier alpha value is -3.79. The van der Waals surface area contributed by atoms with Crippen molar-refractivity contribution in [3.8, 4) is 5.75 Å². The molecule has 0 radical (unpaired) electrons. The second-order valence-electron chi connectivity index (χ2n) is 7.40. The number of primary amides is 1. The lowest BCUT2D eigenvalue weighted by atomic mass is 10.1. The first-order valence-corrected chi connectivity index (χ1v) is 11.1. The molecule has 1 saturated heterocycles. The molecule has 10 heteroatoms. The van der Waals surface area contributed by atoms with E-state index >= 15 is 0 Å². The summed E-state index contributed by atoms with van der Waals surface area (Å²) in [6.07, 6.45) is 3.11. The molecule has 1 aromatic carbocycles. The highest BCUT2D eigenvalue weighted by molar-refractivity contribution is 7.12. The lowest BCUT2D eigenvalue weighted by Gasteiger charge is -2.35. The zero-order chi connectivity index (χ0) is 23.4. The van der Waals surface area contributed by atoms with Crippen LogP contribution in [0.15, 0.2) is 54.2 Å². The van der Waals surface area contributed by atoms with Crippen molar-refractivity contribution in [1.29, 1.82) is 0 Å². The Bertz CT molecular complexity index is 1180. The van der Waals surface area contributed by atoms with Gasteiger partial charge < -0.3 is 20.3 Å². The van der Waals surface area contributed by atoms with Gasteiger partial charge in [-0.2, -0.15) is 0 Å². The van der Waals surface area contributed by atoms with Crippen molar-refractivity contribution in [2.24, 2.45) is 5.73 Å². The number of carbonyl (C=O) groups excluding carboxylic acids is 3. The van der Waals surface area contributed by atoms with Gasteiger partial charge in [0.1, 0.15) is 23.1 Å². The molecule has 170 valence electrons. The highest BCUT2D eigenvalue weighted by Gasteiger charge is 2.27. The van der Waals surface area contributed by atoms with Crippen LogP contribution in [0.1, 0.15) is 36.0 Å². The number of benzene rings is 1. The SMILES string of the molecule is NC(=O)c1sccc1OCc1ccc(F)c(C(=O)N2CCN(C(=O)c3ccncc3)CC2)c1. The summed E-state index contributed by atoms with van der Waals surface area (Å²) in [5.41, 5.74) is 6.37. The summed E-state index contributed by atoms with van der Waals surface area (Å²) >= 11 is 1.17. The molecule has 0 spiro atoms. The number of piperazine rings is 1. The Labute approximate surface area is 193 Å². The second kappa shape index (κ2) is 9.78. The topological polar surface area (TPSA) is 106 Å². The first-order chi connectivity index (χ1) is 15.9. The van der Waals surface area contributed by atoms with Gasteiger partial charge in [-0.15, -0.1) is 11.3 Å². The van der Waals surface area contributed by atoms with Crippen LogP contribution in [0.25, 0.3) is 0 Å². The minimum atomic E-state index is -0.632. The van der Waals surface area contributed by atoms with E-state index < -0.39 is 17.6 Å². The van der Waals surface area contributed by atoms with E-state index in [1.807, 2.05) is 0 Å². The average Bonchev–Trinajstić information content (AvgIpc) is 3.32. The van der Waals surface area contributed by atoms with Gasteiger partial charge in [0.2, 0.25) is 0 Å². The molecule has 0 saturated carbocycles. The first kappa shape index (κ1) is 22.4. The molecule has 33 heavy (non-hydrogen) atoms. The fourth-order valence-corrected chi connectivity index (χ4v) is 4.23. The highest BCUT2D eigenvalue weighted by Crippen LogP contribution is 2.25. The second-order valence-corrected chi connectivity index (χ2v) is 8.32. The number of pyridine rings is 1. The van der Waals surface area contributed by atoms with Crippen LogP contribution < -0.4 is 10.5 Å². The molecule has 3 amide bonds. The molecule has 2 N–H and O–H groups in total. The van der Waals surface area contributed by atoms with Gasteiger partial charge in [0.05, 0.1) is 5.56 Å². The van der Waals surface area contributed by atoms with Gasteiger partial charge in [0, 0.05) is 44.1 Å². The van der Waals surface area contributed by atoms with Gasteiger partial charge in [-0.25, -0.2) is 4.39 Å². The van der Waals surface area contributed by atoms with E-state index in [0.29, 0.717) is 47.9 Å². The van der Waals surface area contributed by atoms with Crippen LogP contribution in [-0.4, -0.2) is 58.7 Å². The third kappa shape index (κ3) is 5.01. The van der Waals surface area contributed by atoms with E-state index in [0.717, 1.165) is 0 Å². The molecule has 3 heterocycles. The van der Waals surface area contributed by atoms with Gasteiger partial charge in [0.15, 0.2) is 0 Å². The summed E-state index contributed by atoms with van der Waals surface area (Å²) < 4.78 is 20.1. The van der Waals surface area contributed by atoms with Crippen molar-refractivity contribution in [3.05, 3.63) is 81.6 Å². The van der Waals surface area contributed by atoms with Crippen molar-refractivity contribution in [2.75, 3.05) is 26.2 Å². The Morgan fingerprint density at radius 3 is 2.33 bits per heavy atom. The summed E-state index contributed by atoms with van der Waals surface area (Å²) in [7, 11) is 0. The summed E-state index contributed by atoms with van der Waals surface area (Å²) in [4.78, 5) is 44.4. The molecule has 1 fully saturated rings. The maximum absolute atomic E-state index is 14.5. The number of thiophene rings is 1. The molecule has 0 atom stereocenters. The summed E-state index contributed by atoms with van der Waals surface area (Å²) in [5.74, 6) is -1.44. The zero-order valence-electron chi connectivity index (χ0n) is 17.6. The van der Waals surface area contributed by atoms with Gasteiger partial charge in [-0.3, -0.25) is 19.4 Å². The molecule has 1 aliphatic heterocycles. The van der Waals surface area contributed by atoms with E-state index in [2.05, 4.69) is 4.98 Å². The molecule has 1 aliphatic rings. The maximum atomic E-state index is 14.5. The maximum Gasteiger partial charge on any atom is 0.262 e. The molecular formula is C23H21FN4O4S. The molecular weight excluding hydrogens is 447 g/mol. The highest BCUT2D eigenvalue weighted by atomic mass is 32.1. The number of rotatable bonds is 6. The number of hydrogen-bond donors (Lipinski definition) is 1. The Balaban J connectivity index is 1.39. The third-order valence-electron chi connectivity index (χ3n) is 5.29. The summed E-state index contributed by atoms with van der Waals surface area (Å²) in [5, 5.41) is 1.69. The van der Waals surface area contributed by atoms with Crippen LogP contribution >= 0.6 is 11.3 Å². The van der Waals surface area contributed by atoms with Gasteiger partial charge in [-0.1, -0.05) is 6.07 Å². The third-order valence-corrected chi connectivity index (χ3v) is 6.20. The lowest BCUT2D eigenvalue weighted by Crippen LogP contribution is -2.50. The Morgan fingerprint density at radius 2 is 1.67 bits per heavy atom. The number of aromatic nitrogens is 1. The predicted molar refractivity (Wildman–Crippen MR) is 120 cm³/mol. The normalized spacial score (nSPS) is 13.6. The number of amides is 3. The predicted octanol–water partition coefficient (Wildman–Crippen LogP) is 2.56. The average molecular weight is 469 g/mol. The van der Waals surface area contributed by atoms with Crippen LogP contribution in [0.4, 0.5) is 4.39 Å². The lowest BCUT2D eigenvalue weighted by molar-refractivity contribution is 0.0532. The van der Waals surface area contributed by atoms with E-state index in [1.165, 1.54) is 34.4 Å².